The number of amides is 2. The predicted molar refractivity (Wildman–Crippen MR) is 28.4 cm³/mol. The maximum absolute atomic E-state index is 10.5. The molecule has 0 aliphatic carbocycles. The first-order valence-corrected chi connectivity index (χ1v) is 2.59. The van der Waals surface area contributed by atoms with Crippen molar-refractivity contribution in [1.29, 1.82) is 0 Å². The molecule has 1 fully saturated rings. The van der Waals surface area contributed by atoms with Crippen molar-refractivity contribution in [3.05, 3.63) is 0 Å². The van der Waals surface area contributed by atoms with E-state index in [0.717, 1.165) is 0 Å². The number of nitrogens with one attached hydrogen (secondary N) is 1. The quantitative estimate of drug-likeness (QED) is 0.403. The summed E-state index contributed by atoms with van der Waals surface area (Å²) in [6, 6.07) is 0. The molecule has 0 aromatic rings. The lowest BCUT2D eigenvalue weighted by molar-refractivity contribution is -0.133. The van der Waals surface area contributed by atoms with E-state index in [0.29, 0.717) is 0 Å². The Hall–Kier alpha value is -0.900. The molecule has 1 unspecified atom stereocenters. The third-order valence-electron chi connectivity index (χ3n) is 1.25. The maximum Gasteiger partial charge on any atom is 0.258 e. The van der Waals surface area contributed by atoms with Gasteiger partial charge in [-0.15, -0.1) is 0 Å². The second-order valence-electron chi connectivity index (χ2n) is 2.33. The molecular weight excluding hydrogens is 122 g/mol. The third-order valence-corrected chi connectivity index (χ3v) is 1.25. The van der Waals surface area contributed by atoms with Crippen LogP contribution in [0.4, 0.5) is 0 Å². The summed E-state index contributed by atoms with van der Waals surface area (Å²) in [4.78, 5) is 20.9. The zero-order chi connectivity index (χ0) is 7.07. The zero-order valence-electron chi connectivity index (χ0n) is 4.97. The van der Waals surface area contributed by atoms with Gasteiger partial charge in [0.15, 0.2) is 0 Å². The van der Waals surface area contributed by atoms with Crippen LogP contribution in [0.3, 0.4) is 0 Å². The van der Waals surface area contributed by atoms with Gasteiger partial charge in [0.05, 0.1) is 6.42 Å². The Labute approximate surface area is 51.9 Å². The van der Waals surface area contributed by atoms with Crippen LogP contribution in [0, 0.1) is 0 Å². The van der Waals surface area contributed by atoms with Crippen LogP contribution in [0.25, 0.3) is 0 Å². The van der Waals surface area contributed by atoms with Crippen LogP contribution in [0.15, 0.2) is 0 Å². The van der Waals surface area contributed by atoms with E-state index in [-0.39, 0.29) is 6.42 Å². The number of aliphatic hydroxyl groups is 1. The summed E-state index contributed by atoms with van der Waals surface area (Å²) in [6.07, 6.45) is -0.119. The molecule has 0 aromatic carbocycles. The van der Waals surface area contributed by atoms with Crippen LogP contribution in [0.5, 0.6) is 0 Å². The van der Waals surface area contributed by atoms with Gasteiger partial charge in [-0.1, -0.05) is 0 Å². The molecule has 0 spiro atoms. The van der Waals surface area contributed by atoms with E-state index in [1.165, 1.54) is 6.92 Å². The van der Waals surface area contributed by atoms with Crippen molar-refractivity contribution in [2.24, 2.45) is 0 Å². The van der Waals surface area contributed by atoms with Gasteiger partial charge < -0.3 is 5.11 Å². The SMILES string of the molecule is CC1(O)CC(=O)NC1=O. The second kappa shape index (κ2) is 1.54. The summed E-state index contributed by atoms with van der Waals surface area (Å²) in [5, 5.41) is 11.0. The van der Waals surface area contributed by atoms with Gasteiger partial charge in [-0.2, -0.15) is 0 Å². The number of hydrogen-bond acceptors (Lipinski definition) is 3. The maximum atomic E-state index is 10.5. The van der Waals surface area contributed by atoms with Crippen molar-refractivity contribution in [3.8, 4) is 0 Å². The van der Waals surface area contributed by atoms with Gasteiger partial charge in [0.1, 0.15) is 5.60 Å². The van der Waals surface area contributed by atoms with Gasteiger partial charge in [-0.3, -0.25) is 14.9 Å². The molecular formula is C5H7NO3. The van der Waals surface area contributed by atoms with E-state index >= 15 is 0 Å². The summed E-state index contributed by atoms with van der Waals surface area (Å²) in [5.74, 6) is -1.02. The minimum atomic E-state index is -1.48. The first kappa shape index (κ1) is 6.22. The van der Waals surface area contributed by atoms with Crippen molar-refractivity contribution in [2.75, 3.05) is 0 Å². The molecule has 1 saturated heterocycles. The molecule has 1 aliphatic rings. The van der Waals surface area contributed by atoms with Gasteiger partial charge >= 0.3 is 0 Å². The number of hydrogen-bond donors (Lipinski definition) is 2. The Morgan fingerprint density at radius 2 is 2.22 bits per heavy atom. The normalized spacial score (nSPS) is 34.9. The summed E-state index contributed by atoms with van der Waals surface area (Å²) in [7, 11) is 0. The Bertz CT molecular complexity index is 173. The summed E-state index contributed by atoms with van der Waals surface area (Å²) in [6.45, 7) is 1.31. The first-order valence-electron chi connectivity index (χ1n) is 2.59. The van der Waals surface area contributed by atoms with Crippen molar-refractivity contribution >= 4 is 11.8 Å². The number of carbonyl (C=O) groups excluding carboxylic acids is 2. The monoisotopic (exact) mass is 129 g/mol. The summed E-state index contributed by atoms with van der Waals surface area (Å²) in [5.41, 5.74) is -1.48. The van der Waals surface area contributed by atoms with Crippen molar-refractivity contribution in [3.63, 3.8) is 0 Å². The fraction of sp³-hybridized carbons (Fsp3) is 0.600. The largest absolute Gasteiger partial charge is 0.380 e. The van der Waals surface area contributed by atoms with E-state index in [1.807, 2.05) is 5.32 Å². The number of rotatable bonds is 0. The molecule has 2 N–H and O–H groups in total. The molecule has 0 aromatic heterocycles. The fourth-order valence-corrected chi connectivity index (χ4v) is 0.698. The minimum absolute atomic E-state index is 0.119. The molecule has 1 heterocycles. The first-order chi connectivity index (χ1) is 4.02. The van der Waals surface area contributed by atoms with E-state index in [9.17, 15) is 9.59 Å². The van der Waals surface area contributed by atoms with Crippen molar-refractivity contribution in [1.82, 2.24) is 5.32 Å². The van der Waals surface area contributed by atoms with Crippen LogP contribution in [0.2, 0.25) is 0 Å². The van der Waals surface area contributed by atoms with Gasteiger partial charge in [0.25, 0.3) is 5.91 Å². The van der Waals surface area contributed by atoms with Crippen LogP contribution in [-0.2, 0) is 9.59 Å². The Morgan fingerprint density at radius 1 is 1.67 bits per heavy atom. The molecule has 0 bridgehead atoms. The number of carbonyl (C=O) groups is 2. The molecule has 9 heavy (non-hydrogen) atoms. The summed E-state index contributed by atoms with van der Waals surface area (Å²) >= 11 is 0. The fourth-order valence-electron chi connectivity index (χ4n) is 0.698. The zero-order valence-corrected chi connectivity index (χ0v) is 4.97. The predicted octanol–water partition coefficient (Wildman–Crippen LogP) is -1.22. The van der Waals surface area contributed by atoms with E-state index in [4.69, 9.17) is 5.11 Å². The Kier molecular flexibility index (Phi) is 1.06. The Balaban J connectivity index is 2.81. The summed E-state index contributed by atoms with van der Waals surface area (Å²) < 4.78 is 0. The average Bonchev–Trinajstić information content (AvgIpc) is 1.79. The van der Waals surface area contributed by atoms with Crippen molar-refractivity contribution < 1.29 is 14.7 Å². The van der Waals surface area contributed by atoms with E-state index in [2.05, 4.69) is 0 Å². The lowest BCUT2D eigenvalue weighted by Crippen LogP contribution is -2.34. The highest BCUT2D eigenvalue weighted by Gasteiger charge is 2.40. The molecule has 1 rings (SSSR count). The third kappa shape index (κ3) is 0.929. The van der Waals surface area contributed by atoms with Crippen LogP contribution in [0.1, 0.15) is 13.3 Å². The molecule has 4 nitrogen and oxygen atoms in total. The molecule has 0 saturated carbocycles. The van der Waals surface area contributed by atoms with Gasteiger partial charge in [0.2, 0.25) is 5.91 Å². The highest BCUT2D eigenvalue weighted by Crippen LogP contribution is 2.14. The molecule has 1 aliphatic heterocycles. The molecule has 50 valence electrons. The average molecular weight is 129 g/mol. The van der Waals surface area contributed by atoms with Crippen LogP contribution < -0.4 is 5.32 Å². The van der Waals surface area contributed by atoms with Crippen LogP contribution in [-0.4, -0.2) is 22.5 Å². The molecule has 0 radical (unpaired) electrons. The lowest BCUT2D eigenvalue weighted by Gasteiger charge is -2.07. The lowest BCUT2D eigenvalue weighted by atomic mass is 10.1. The van der Waals surface area contributed by atoms with E-state index in [1.54, 1.807) is 0 Å². The highest BCUT2D eigenvalue weighted by atomic mass is 16.3. The molecule has 1 atom stereocenters. The standard InChI is InChI=1S/C5H7NO3/c1-5(9)2-3(7)6-4(5)8/h9H,2H2,1H3,(H,6,7,8). The van der Waals surface area contributed by atoms with Crippen molar-refractivity contribution in [2.45, 2.75) is 18.9 Å². The Morgan fingerprint density at radius 3 is 2.33 bits per heavy atom. The smallest absolute Gasteiger partial charge is 0.258 e. The molecule has 4 heteroatoms. The second-order valence-corrected chi connectivity index (χ2v) is 2.33. The van der Waals surface area contributed by atoms with Gasteiger partial charge in [0, 0.05) is 0 Å². The number of imide groups is 1. The molecule has 2 amide bonds. The van der Waals surface area contributed by atoms with Crippen LogP contribution >= 0.6 is 0 Å². The van der Waals surface area contributed by atoms with Gasteiger partial charge in [-0.05, 0) is 6.92 Å². The van der Waals surface area contributed by atoms with E-state index < -0.39 is 17.4 Å². The topological polar surface area (TPSA) is 66.4 Å². The highest BCUT2D eigenvalue weighted by molar-refractivity contribution is 6.07. The van der Waals surface area contributed by atoms with Gasteiger partial charge in [-0.25, -0.2) is 0 Å². The minimum Gasteiger partial charge on any atom is -0.380 e.